The average molecular weight is 380 g/mol. The highest BCUT2D eigenvalue weighted by Gasteiger charge is 2.15. The molecule has 0 aliphatic heterocycles. The van der Waals surface area contributed by atoms with Gasteiger partial charge in [-0.2, -0.15) is 10.1 Å². The van der Waals surface area contributed by atoms with E-state index < -0.39 is 0 Å². The van der Waals surface area contributed by atoms with E-state index in [1.807, 2.05) is 25.1 Å². The zero-order chi connectivity index (χ0) is 18.6. The maximum Gasteiger partial charge on any atom is 0.228 e. The number of aromatic nitrogens is 6. The second kappa shape index (κ2) is 7.67. The summed E-state index contributed by atoms with van der Waals surface area (Å²) in [6.45, 7) is 2.56. The third-order valence-corrected chi connectivity index (χ3v) is 4.79. The highest BCUT2D eigenvalue weighted by molar-refractivity contribution is 7.99. The van der Waals surface area contributed by atoms with Gasteiger partial charge in [0.15, 0.2) is 0 Å². The second-order valence-corrected chi connectivity index (χ2v) is 6.91. The van der Waals surface area contributed by atoms with Crippen LogP contribution in [-0.2, 0) is 13.0 Å². The van der Waals surface area contributed by atoms with Gasteiger partial charge in [0.1, 0.15) is 10.7 Å². The first-order valence-electron chi connectivity index (χ1n) is 8.48. The van der Waals surface area contributed by atoms with Gasteiger partial charge in [0.25, 0.3) is 0 Å². The lowest BCUT2D eigenvalue weighted by Gasteiger charge is -2.07. The molecule has 0 spiro atoms. The van der Waals surface area contributed by atoms with Gasteiger partial charge in [0.2, 0.25) is 17.1 Å². The molecule has 0 fully saturated rings. The molecule has 0 saturated heterocycles. The summed E-state index contributed by atoms with van der Waals surface area (Å²) in [4.78, 5) is 25.0. The van der Waals surface area contributed by atoms with Crippen LogP contribution in [0.4, 0.5) is 0 Å². The van der Waals surface area contributed by atoms with Crippen molar-refractivity contribution in [2.75, 3.05) is 5.75 Å². The fourth-order valence-corrected chi connectivity index (χ4v) is 3.40. The second-order valence-electron chi connectivity index (χ2n) is 5.65. The Bertz CT molecular complexity index is 1140. The quantitative estimate of drug-likeness (QED) is 0.471. The Hall–Kier alpha value is -3.07. The zero-order valence-electron chi connectivity index (χ0n) is 14.6. The predicted molar refractivity (Wildman–Crippen MR) is 101 cm³/mol. The van der Waals surface area contributed by atoms with E-state index in [1.165, 1.54) is 6.20 Å². The molecular formula is C18H16N6O2S. The largest absolute Gasteiger partial charge is 0.339 e. The van der Waals surface area contributed by atoms with E-state index in [0.29, 0.717) is 35.8 Å². The molecule has 0 bridgehead atoms. The molecule has 1 aromatic carbocycles. The Kier molecular flexibility index (Phi) is 4.93. The molecule has 0 aliphatic rings. The summed E-state index contributed by atoms with van der Waals surface area (Å²) in [6, 6.07) is 7.38. The van der Waals surface area contributed by atoms with Crippen LogP contribution in [0.15, 0.2) is 57.2 Å². The van der Waals surface area contributed by atoms with Gasteiger partial charge in [-0.25, -0.2) is 9.97 Å². The van der Waals surface area contributed by atoms with E-state index in [0.717, 1.165) is 16.3 Å². The van der Waals surface area contributed by atoms with Crippen molar-refractivity contribution >= 4 is 22.7 Å². The Labute approximate surface area is 158 Å². The van der Waals surface area contributed by atoms with Crippen molar-refractivity contribution in [3.05, 3.63) is 59.0 Å². The fourth-order valence-electron chi connectivity index (χ4n) is 2.71. The summed E-state index contributed by atoms with van der Waals surface area (Å²) in [5.74, 6) is 1.78. The molecule has 27 heavy (non-hydrogen) atoms. The normalized spacial score (nSPS) is 11.1. The molecule has 0 unspecified atom stereocenters. The Balaban J connectivity index is 1.56. The summed E-state index contributed by atoms with van der Waals surface area (Å²) >= 11 is 1.58. The lowest BCUT2D eigenvalue weighted by molar-refractivity contribution is 0.370. The number of para-hydroxylation sites is 1. The third-order valence-electron chi connectivity index (χ3n) is 3.93. The molecule has 136 valence electrons. The SMILES string of the molecule is CCSc1nccnc1-c1noc(CCn2ncc(=O)c3ccccc32)n1. The number of fused-ring (bicyclic) bond motifs is 1. The molecule has 4 rings (SSSR count). The van der Waals surface area contributed by atoms with E-state index in [4.69, 9.17) is 4.52 Å². The molecular weight excluding hydrogens is 364 g/mol. The van der Waals surface area contributed by atoms with E-state index in [-0.39, 0.29) is 5.43 Å². The number of thioether (sulfide) groups is 1. The number of rotatable bonds is 6. The van der Waals surface area contributed by atoms with Crippen LogP contribution >= 0.6 is 11.8 Å². The van der Waals surface area contributed by atoms with Crippen molar-refractivity contribution in [3.8, 4) is 11.5 Å². The lowest BCUT2D eigenvalue weighted by atomic mass is 10.2. The van der Waals surface area contributed by atoms with E-state index in [9.17, 15) is 4.79 Å². The van der Waals surface area contributed by atoms with Crippen molar-refractivity contribution < 1.29 is 4.52 Å². The van der Waals surface area contributed by atoms with Crippen molar-refractivity contribution in [3.63, 3.8) is 0 Å². The molecule has 4 aromatic rings. The van der Waals surface area contributed by atoms with Gasteiger partial charge >= 0.3 is 0 Å². The van der Waals surface area contributed by atoms with E-state index >= 15 is 0 Å². The van der Waals surface area contributed by atoms with Crippen LogP contribution < -0.4 is 5.43 Å². The average Bonchev–Trinajstić information content (AvgIpc) is 3.17. The van der Waals surface area contributed by atoms with Crippen LogP contribution in [0, 0.1) is 0 Å². The molecule has 3 aromatic heterocycles. The van der Waals surface area contributed by atoms with Crippen molar-refractivity contribution in [1.82, 2.24) is 29.9 Å². The summed E-state index contributed by atoms with van der Waals surface area (Å²) in [7, 11) is 0. The van der Waals surface area contributed by atoms with Crippen LogP contribution in [0.5, 0.6) is 0 Å². The molecule has 9 heteroatoms. The minimum absolute atomic E-state index is 0.0921. The molecule has 0 N–H and O–H groups in total. The first-order valence-corrected chi connectivity index (χ1v) is 9.46. The molecule has 0 radical (unpaired) electrons. The van der Waals surface area contributed by atoms with Gasteiger partial charge in [-0.3, -0.25) is 9.48 Å². The van der Waals surface area contributed by atoms with Gasteiger partial charge in [0.05, 0.1) is 18.3 Å². The van der Waals surface area contributed by atoms with Crippen LogP contribution in [0.1, 0.15) is 12.8 Å². The molecule has 0 atom stereocenters. The van der Waals surface area contributed by atoms with Crippen molar-refractivity contribution in [2.45, 2.75) is 24.9 Å². The van der Waals surface area contributed by atoms with Gasteiger partial charge < -0.3 is 4.52 Å². The van der Waals surface area contributed by atoms with Crippen LogP contribution in [-0.4, -0.2) is 35.6 Å². The summed E-state index contributed by atoms with van der Waals surface area (Å²) in [5.41, 5.74) is 1.30. The first-order chi connectivity index (χ1) is 13.3. The van der Waals surface area contributed by atoms with Crippen LogP contribution in [0.3, 0.4) is 0 Å². The molecule has 0 amide bonds. The van der Waals surface area contributed by atoms with Gasteiger partial charge in [-0.05, 0) is 17.9 Å². The van der Waals surface area contributed by atoms with Gasteiger partial charge in [-0.15, -0.1) is 11.8 Å². The molecule has 3 heterocycles. The Morgan fingerprint density at radius 2 is 2.04 bits per heavy atom. The highest BCUT2D eigenvalue weighted by Crippen LogP contribution is 2.25. The van der Waals surface area contributed by atoms with Gasteiger partial charge in [-0.1, -0.05) is 24.2 Å². The summed E-state index contributed by atoms with van der Waals surface area (Å²) in [6.07, 6.45) is 5.08. The number of benzene rings is 1. The standard InChI is InChI=1S/C18H16N6O2S/c1-2-27-18-16(19-8-9-20-18)17-22-15(26-23-17)7-10-24-13-6-4-3-5-12(13)14(25)11-21-24/h3-6,8-9,11H,2,7,10H2,1H3. The smallest absolute Gasteiger partial charge is 0.228 e. The summed E-state index contributed by atoms with van der Waals surface area (Å²) in [5, 5.41) is 9.67. The predicted octanol–water partition coefficient (Wildman–Crippen LogP) is 2.59. The topological polar surface area (TPSA) is 99.6 Å². The summed E-state index contributed by atoms with van der Waals surface area (Å²) < 4.78 is 7.13. The minimum atomic E-state index is -0.0921. The molecule has 0 saturated carbocycles. The fraction of sp³-hybridized carbons (Fsp3) is 0.222. The lowest BCUT2D eigenvalue weighted by Crippen LogP contribution is -2.13. The van der Waals surface area contributed by atoms with E-state index in [2.05, 4.69) is 25.2 Å². The number of nitrogens with zero attached hydrogens (tertiary/aromatic N) is 6. The zero-order valence-corrected chi connectivity index (χ0v) is 15.4. The number of hydrogen-bond donors (Lipinski definition) is 0. The van der Waals surface area contributed by atoms with Crippen LogP contribution in [0.25, 0.3) is 22.4 Å². The van der Waals surface area contributed by atoms with Crippen LogP contribution in [0.2, 0.25) is 0 Å². The van der Waals surface area contributed by atoms with Crippen molar-refractivity contribution in [1.29, 1.82) is 0 Å². The minimum Gasteiger partial charge on any atom is -0.339 e. The number of aryl methyl sites for hydroxylation is 2. The molecule has 8 nitrogen and oxygen atoms in total. The van der Waals surface area contributed by atoms with Crippen molar-refractivity contribution in [2.24, 2.45) is 0 Å². The Morgan fingerprint density at radius 3 is 2.93 bits per heavy atom. The Morgan fingerprint density at radius 1 is 1.19 bits per heavy atom. The molecule has 0 aliphatic carbocycles. The maximum atomic E-state index is 11.9. The van der Waals surface area contributed by atoms with Gasteiger partial charge in [0, 0.05) is 24.2 Å². The third kappa shape index (κ3) is 3.59. The monoisotopic (exact) mass is 380 g/mol. The van der Waals surface area contributed by atoms with E-state index in [1.54, 1.807) is 34.9 Å². The highest BCUT2D eigenvalue weighted by atomic mass is 32.2. The first kappa shape index (κ1) is 17.3. The maximum absolute atomic E-state index is 11.9. The number of hydrogen-bond acceptors (Lipinski definition) is 8.